The number of nitrogens with one attached hydrogen (secondary N) is 3. The van der Waals surface area contributed by atoms with E-state index in [1.165, 1.54) is 5.69 Å². The topological polar surface area (TPSA) is 100 Å². The molecule has 5 rings (SSSR count). The summed E-state index contributed by atoms with van der Waals surface area (Å²) in [6, 6.07) is 13.2. The zero-order valence-corrected chi connectivity index (χ0v) is 23.2. The Morgan fingerprint density at radius 2 is 2.00 bits per heavy atom. The van der Waals surface area contributed by atoms with Crippen LogP contribution in [0.5, 0.6) is 0 Å². The molecule has 1 aliphatic rings. The van der Waals surface area contributed by atoms with Crippen LogP contribution in [0.25, 0.3) is 22.4 Å². The molecule has 0 bridgehead atoms. The number of aliphatic hydroxyl groups is 1. The van der Waals surface area contributed by atoms with Gasteiger partial charge in [0.2, 0.25) is 0 Å². The third kappa shape index (κ3) is 5.86. The highest BCUT2D eigenvalue weighted by atomic mass is 35.5. The van der Waals surface area contributed by atoms with Crippen molar-refractivity contribution in [3.63, 3.8) is 0 Å². The Kier molecular flexibility index (Phi) is 8.28. The van der Waals surface area contributed by atoms with E-state index in [1.807, 2.05) is 17.8 Å². The minimum absolute atomic E-state index is 0.211. The molecule has 0 amide bonds. The third-order valence-electron chi connectivity index (χ3n) is 7.03. The number of benzene rings is 2. The number of aryl methyl sites for hydroxylation is 1. The van der Waals surface area contributed by atoms with Crippen molar-refractivity contribution in [1.82, 2.24) is 19.9 Å². The van der Waals surface area contributed by atoms with Gasteiger partial charge in [0.15, 0.2) is 0 Å². The predicted molar refractivity (Wildman–Crippen MR) is 159 cm³/mol. The zero-order chi connectivity index (χ0) is 26.6. The summed E-state index contributed by atoms with van der Waals surface area (Å²) in [6.45, 7) is 7.49. The lowest BCUT2D eigenvalue weighted by atomic mass is 10.1. The summed E-state index contributed by atoms with van der Waals surface area (Å²) in [6.07, 6.45) is 2.95. The van der Waals surface area contributed by atoms with Gasteiger partial charge in [-0.05, 0) is 54.6 Å². The lowest BCUT2D eigenvalue weighted by molar-refractivity contribution is 0.191. The number of aliphatic hydroxyl groups excluding tert-OH is 1. The quantitative estimate of drug-likeness (QED) is 0.242. The van der Waals surface area contributed by atoms with Crippen LogP contribution in [-0.4, -0.2) is 76.2 Å². The summed E-state index contributed by atoms with van der Waals surface area (Å²) in [4.78, 5) is 28.8. The molecular formula is C28H33ClN6O2S. The van der Waals surface area contributed by atoms with Gasteiger partial charge < -0.3 is 25.3 Å². The van der Waals surface area contributed by atoms with Crippen molar-refractivity contribution in [3.05, 3.63) is 75.2 Å². The molecule has 0 saturated carbocycles. The van der Waals surface area contributed by atoms with Gasteiger partial charge in [0.1, 0.15) is 11.4 Å². The Labute approximate surface area is 231 Å². The number of hydrogen-bond acceptors (Lipinski definition) is 7. The van der Waals surface area contributed by atoms with Crippen LogP contribution in [0.1, 0.15) is 17.2 Å². The van der Waals surface area contributed by atoms with E-state index in [-0.39, 0.29) is 12.1 Å². The molecule has 10 heteroatoms. The molecule has 4 aromatic rings. The molecule has 2 aromatic heterocycles. The van der Waals surface area contributed by atoms with Crippen molar-refractivity contribution < 1.29 is 5.11 Å². The smallest absolute Gasteiger partial charge is 0.261 e. The summed E-state index contributed by atoms with van der Waals surface area (Å²) in [5.74, 6) is 1.65. The molecule has 0 radical (unpaired) electrons. The SMILES string of the molecule is CSCCN1CCN(c2cc(C)c3nc(-c4c(NCC(O)c5cccc(Cl)c5)cc[nH]c4=O)[nH]c3c2)CC1. The molecule has 1 saturated heterocycles. The maximum Gasteiger partial charge on any atom is 0.261 e. The van der Waals surface area contributed by atoms with Gasteiger partial charge in [0, 0.05) is 61.9 Å². The van der Waals surface area contributed by atoms with Crippen molar-refractivity contribution in [2.45, 2.75) is 13.0 Å². The van der Waals surface area contributed by atoms with E-state index in [1.54, 1.807) is 30.5 Å². The number of aromatic amines is 2. The summed E-state index contributed by atoms with van der Waals surface area (Å²) < 4.78 is 0. The molecule has 38 heavy (non-hydrogen) atoms. The Morgan fingerprint density at radius 1 is 1.18 bits per heavy atom. The molecule has 4 N–H and O–H groups in total. The number of thioether (sulfide) groups is 1. The lowest BCUT2D eigenvalue weighted by Crippen LogP contribution is -2.47. The molecule has 200 valence electrons. The van der Waals surface area contributed by atoms with Crippen LogP contribution in [-0.2, 0) is 0 Å². The number of nitrogens with zero attached hydrogens (tertiary/aromatic N) is 3. The van der Waals surface area contributed by atoms with Crippen LogP contribution in [0, 0.1) is 6.92 Å². The van der Waals surface area contributed by atoms with Gasteiger partial charge in [0.25, 0.3) is 5.56 Å². The molecule has 8 nitrogen and oxygen atoms in total. The Bertz CT molecular complexity index is 1460. The number of fused-ring (bicyclic) bond motifs is 1. The highest BCUT2D eigenvalue weighted by Crippen LogP contribution is 2.30. The van der Waals surface area contributed by atoms with Gasteiger partial charge in [-0.1, -0.05) is 23.7 Å². The van der Waals surface area contributed by atoms with Crippen LogP contribution in [0.3, 0.4) is 0 Å². The van der Waals surface area contributed by atoms with E-state index in [0.717, 1.165) is 55.1 Å². The molecule has 3 heterocycles. The number of H-pyrrole nitrogens is 2. The summed E-state index contributed by atoms with van der Waals surface area (Å²) in [5.41, 5.74) is 5.41. The number of hydrogen-bond donors (Lipinski definition) is 4. The van der Waals surface area contributed by atoms with Gasteiger partial charge in [-0.15, -0.1) is 0 Å². The minimum atomic E-state index is -0.789. The molecule has 2 aromatic carbocycles. The average Bonchev–Trinajstić information content (AvgIpc) is 3.35. The van der Waals surface area contributed by atoms with Crippen molar-refractivity contribution in [1.29, 1.82) is 0 Å². The lowest BCUT2D eigenvalue weighted by Gasteiger charge is -2.36. The average molecular weight is 553 g/mol. The molecular weight excluding hydrogens is 520 g/mol. The first-order chi connectivity index (χ1) is 18.4. The molecule has 0 aliphatic carbocycles. The fraction of sp³-hybridized carbons (Fsp3) is 0.357. The van der Waals surface area contributed by atoms with E-state index >= 15 is 0 Å². The van der Waals surface area contributed by atoms with Gasteiger partial charge in [-0.2, -0.15) is 11.8 Å². The fourth-order valence-electron chi connectivity index (χ4n) is 4.92. The molecule has 1 aliphatic heterocycles. The van der Waals surface area contributed by atoms with Gasteiger partial charge in [0.05, 0.1) is 22.8 Å². The number of halogens is 1. The number of rotatable bonds is 9. The van der Waals surface area contributed by atoms with Crippen LogP contribution in [0.15, 0.2) is 53.5 Å². The first-order valence-corrected chi connectivity index (χ1v) is 14.6. The minimum Gasteiger partial charge on any atom is -0.387 e. The summed E-state index contributed by atoms with van der Waals surface area (Å²) in [5, 5.41) is 14.4. The fourth-order valence-corrected chi connectivity index (χ4v) is 5.56. The molecule has 1 fully saturated rings. The number of aromatic nitrogens is 3. The maximum atomic E-state index is 12.9. The maximum absolute atomic E-state index is 12.9. The van der Waals surface area contributed by atoms with Crippen LogP contribution < -0.4 is 15.8 Å². The Balaban J connectivity index is 1.38. The number of pyridine rings is 1. The first-order valence-electron chi connectivity index (χ1n) is 12.8. The van der Waals surface area contributed by atoms with Crippen LogP contribution >= 0.6 is 23.4 Å². The van der Waals surface area contributed by atoms with Crippen LogP contribution in [0.2, 0.25) is 5.02 Å². The monoisotopic (exact) mass is 552 g/mol. The van der Waals surface area contributed by atoms with Crippen molar-refractivity contribution in [2.24, 2.45) is 0 Å². The number of anilines is 2. The Hall–Kier alpha value is -2.98. The second kappa shape index (κ2) is 11.8. The normalized spacial score (nSPS) is 15.2. The largest absolute Gasteiger partial charge is 0.387 e. The second-order valence-electron chi connectivity index (χ2n) is 9.61. The second-order valence-corrected chi connectivity index (χ2v) is 11.0. The zero-order valence-electron chi connectivity index (χ0n) is 21.6. The first kappa shape index (κ1) is 26.6. The van der Waals surface area contributed by atoms with Crippen LogP contribution in [0.4, 0.5) is 11.4 Å². The molecule has 0 spiro atoms. The van der Waals surface area contributed by atoms with Crippen molar-refractivity contribution in [2.75, 3.05) is 61.5 Å². The van der Waals surface area contributed by atoms with Crippen molar-refractivity contribution >= 4 is 45.8 Å². The molecule has 1 unspecified atom stereocenters. The predicted octanol–water partition coefficient (Wildman–Crippen LogP) is 4.51. The number of imidazole rings is 1. The van der Waals surface area contributed by atoms with Gasteiger partial charge in [-0.3, -0.25) is 9.69 Å². The molecule has 1 atom stereocenters. The van der Waals surface area contributed by atoms with E-state index in [2.05, 4.69) is 50.4 Å². The van der Waals surface area contributed by atoms with E-state index < -0.39 is 6.10 Å². The Morgan fingerprint density at radius 3 is 2.76 bits per heavy atom. The standard InChI is InChI=1S/C28H33ClN6O2S/c1-18-14-21(35-10-8-34(9-11-35)12-13-38-2)16-23-26(18)33-27(32-23)25-22(6-7-30-28(25)37)31-17-24(36)19-4-3-5-20(29)15-19/h3-7,14-16,24,36H,8-13,17H2,1-2H3,(H,32,33)(H2,30,31,37). The summed E-state index contributed by atoms with van der Waals surface area (Å²) >= 11 is 7.96. The highest BCUT2D eigenvalue weighted by molar-refractivity contribution is 7.98. The highest BCUT2D eigenvalue weighted by Gasteiger charge is 2.20. The van der Waals surface area contributed by atoms with E-state index in [4.69, 9.17) is 16.6 Å². The third-order valence-corrected chi connectivity index (χ3v) is 7.85. The van der Waals surface area contributed by atoms with Gasteiger partial charge >= 0.3 is 0 Å². The number of piperazine rings is 1. The summed E-state index contributed by atoms with van der Waals surface area (Å²) in [7, 11) is 0. The van der Waals surface area contributed by atoms with Crippen molar-refractivity contribution in [3.8, 4) is 11.4 Å². The van der Waals surface area contributed by atoms with E-state index in [0.29, 0.717) is 27.7 Å². The van der Waals surface area contributed by atoms with Gasteiger partial charge in [-0.25, -0.2) is 4.98 Å². The van der Waals surface area contributed by atoms with E-state index in [9.17, 15) is 9.90 Å².